The standard InChI is InChI=1S/C8H11F3N4/c1-15(4-8(9,10)11)6-3-2-5(12)7(13)14-6/h2-3H,4,12H2,1H3,(H2,13,14). The van der Waals surface area contributed by atoms with Crippen molar-refractivity contribution in [3.8, 4) is 0 Å². The van der Waals surface area contributed by atoms with E-state index in [0.29, 0.717) is 0 Å². The molecule has 0 fully saturated rings. The molecule has 0 aliphatic carbocycles. The fourth-order valence-corrected chi connectivity index (χ4v) is 1.04. The van der Waals surface area contributed by atoms with Gasteiger partial charge in [-0.05, 0) is 12.1 Å². The molecule has 1 aromatic heterocycles. The number of nitrogens with zero attached hydrogens (tertiary/aromatic N) is 2. The summed E-state index contributed by atoms with van der Waals surface area (Å²) in [6, 6.07) is 2.81. The van der Waals surface area contributed by atoms with Gasteiger partial charge in [0.2, 0.25) is 0 Å². The van der Waals surface area contributed by atoms with Gasteiger partial charge in [-0.25, -0.2) is 4.98 Å². The lowest BCUT2D eigenvalue weighted by atomic mass is 10.3. The van der Waals surface area contributed by atoms with Crippen molar-refractivity contribution in [3.63, 3.8) is 0 Å². The topological polar surface area (TPSA) is 68.2 Å². The highest BCUT2D eigenvalue weighted by atomic mass is 19.4. The summed E-state index contributed by atoms with van der Waals surface area (Å²) in [4.78, 5) is 4.69. The minimum atomic E-state index is -4.27. The molecule has 7 heteroatoms. The number of nitrogens with two attached hydrogens (primary N) is 2. The van der Waals surface area contributed by atoms with Crippen LogP contribution in [0.3, 0.4) is 0 Å². The van der Waals surface area contributed by atoms with Crippen LogP contribution in [-0.2, 0) is 0 Å². The van der Waals surface area contributed by atoms with Crippen molar-refractivity contribution in [2.24, 2.45) is 0 Å². The average molecular weight is 220 g/mol. The molecule has 0 amide bonds. The maximum atomic E-state index is 12.0. The van der Waals surface area contributed by atoms with Crippen molar-refractivity contribution in [1.29, 1.82) is 0 Å². The number of halogens is 3. The van der Waals surface area contributed by atoms with Gasteiger partial charge in [0.15, 0.2) is 0 Å². The second-order valence-electron chi connectivity index (χ2n) is 3.12. The number of anilines is 3. The predicted molar refractivity (Wildman–Crippen MR) is 52.4 cm³/mol. The molecule has 4 nitrogen and oxygen atoms in total. The molecule has 0 aliphatic heterocycles. The quantitative estimate of drug-likeness (QED) is 0.786. The molecule has 1 heterocycles. The zero-order valence-corrected chi connectivity index (χ0v) is 8.04. The summed E-state index contributed by atoms with van der Waals surface area (Å²) in [6.45, 7) is -1.08. The van der Waals surface area contributed by atoms with Gasteiger partial charge >= 0.3 is 6.18 Å². The third-order valence-corrected chi connectivity index (χ3v) is 1.75. The summed E-state index contributed by atoms with van der Waals surface area (Å²) in [5, 5.41) is 0. The zero-order valence-electron chi connectivity index (χ0n) is 8.04. The van der Waals surface area contributed by atoms with Gasteiger partial charge in [-0.3, -0.25) is 0 Å². The second kappa shape index (κ2) is 3.84. The Labute approximate surface area is 84.7 Å². The third-order valence-electron chi connectivity index (χ3n) is 1.75. The third kappa shape index (κ3) is 3.19. The molecule has 0 aliphatic rings. The van der Waals surface area contributed by atoms with E-state index in [9.17, 15) is 13.2 Å². The number of pyridine rings is 1. The lowest BCUT2D eigenvalue weighted by molar-refractivity contribution is -0.119. The highest BCUT2D eigenvalue weighted by Crippen LogP contribution is 2.21. The van der Waals surface area contributed by atoms with Crippen LogP contribution in [0.25, 0.3) is 0 Å². The molecular formula is C8H11F3N4. The smallest absolute Gasteiger partial charge is 0.396 e. The molecule has 0 spiro atoms. The molecule has 0 atom stereocenters. The SMILES string of the molecule is CN(CC(F)(F)F)c1ccc(N)c(N)n1. The second-order valence-corrected chi connectivity index (χ2v) is 3.12. The summed E-state index contributed by atoms with van der Waals surface area (Å²) in [6.07, 6.45) is -4.27. The Bertz CT molecular complexity index is 350. The van der Waals surface area contributed by atoms with E-state index < -0.39 is 12.7 Å². The van der Waals surface area contributed by atoms with Crippen LogP contribution in [0.5, 0.6) is 0 Å². The molecule has 1 aromatic rings. The molecule has 0 aromatic carbocycles. The van der Waals surface area contributed by atoms with E-state index in [-0.39, 0.29) is 17.3 Å². The highest BCUT2D eigenvalue weighted by Gasteiger charge is 2.29. The highest BCUT2D eigenvalue weighted by molar-refractivity contribution is 5.62. The van der Waals surface area contributed by atoms with Crippen molar-refractivity contribution in [2.45, 2.75) is 6.18 Å². The fourth-order valence-electron chi connectivity index (χ4n) is 1.04. The zero-order chi connectivity index (χ0) is 11.6. The Balaban J connectivity index is 2.83. The monoisotopic (exact) mass is 220 g/mol. The Kier molecular flexibility index (Phi) is 2.92. The molecule has 0 unspecified atom stereocenters. The van der Waals surface area contributed by atoms with E-state index >= 15 is 0 Å². The van der Waals surface area contributed by atoms with Crippen LogP contribution in [0.15, 0.2) is 12.1 Å². The van der Waals surface area contributed by atoms with E-state index in [1.54, 1.807) is 0 Å². The van der Waals surface area contributed by atoms with E-state index in [1.165, 1.54) is 19.2 Å². The van der Waals surface area contributed by atoms with Crippen molar-refractivity contribution in [2.75, 3.05) is 30.0 Å². The van der Waals surface area contributed by atoms with Gasteiger partial charge in [0, 0.05) is 7.05 Å². The molecule has 0 bridgehead atoms. The number of hydrogen-bond donors (Lipinski definition) is 2. The van der Waals surface area contributed by atoms with Crippen LogP contribution in [0, 0.1) is 0 Å². The molecule has 0 saturated heterocycles. The Hall–Kier alpha value is -1.66. The van der Waals surface area contributed by atoms with Crippen molar-refractivity contribution in [1.82, 2.24) is 4.98 Å². The number of nitrogen functional groups attached to an aromatic ring is 2. The first kappa shape index (κ1) is 11.4. The van der Waals surface area contributed by atoms with Gasteiger partial charge < -0.3 is 16.4 Å². The molecule has 15 heavy (non-hydrogen) atoms. The van der Waals surface area contributed by atoms with Crippen LogP contribution in [0.1, 0.15) is 0 Å². The summed E-state index contributed by atoms with van der Waals surface area (Å²) in [5.41, 5.74) is 11.0. The van der Waals surface area contributed by atoms with Crippen LogP contribution in [0.2, 0.25) is 0 Å². The first-order chi connectivity index (χ1) is 6.79. The Morgan fingerprint density at radius 2 is 1.93 bits per heavy atom. The predicted octanol–water partition coefficient (Wildman–Crippen LogP) is 1.24. The molecule has 1 rings (SSSR count). The number of aromatic nitrogens is 1. The van der Waals surface area contributed by atoms with E-state index in [0.717, 1.165) is 4.90 Å². The summed E-state index contributed by atoms with van der Waals surface area (Å²) < 4.78 is 36.1. The summed E-state index contributed by atoms with van der Waals surface area (Å²) in [5.74, 6) is 0.167. The molecule has 0 saturated carbocycles. The van der Waals surface area contributed by atoms with Crippen molar-refractivity contribution in [3.05, 3.63) is 12.1 Å². The number of hydrogen-bond acceptors (Lipinski definition) is 4. The van der Waals surface area contributed by atoms with Crippen LogP contribution in [0.4, 0.5) is 30.5 Å². The lowest BCUT2D eigenvalue weighted by Gasteiger charge is -2.20. The van der Waals surface area contributed by atoms with Crippen molar-refractivity contribution >= 4 is 17.3 Å². The van der Waals surface area contributed by atoms with Gasteiger partial charge in [0.1, 0.15) is 18.2 Å². The van der Waals surface area contributed by atoms with Crippen LogP contribution in [-0.4, -0.2) is 24.8 Å². The summed E-state index contributed by atoms with van der Waals surface area (Å²) >= 11 is 0. The maximum Gasteiger partial charge on any atom is 0.405 e. The molecule has 0 radical (unpaired) electrons. The van der Waals surface area contributed by atoms with Crippen LogP contribution < -0.4 is 16.4 Å². The molecule has 4 N–H and O–H groups in total. The van der Waals surface area contributed by atoms with Gasteiger partial charge in [-0.1, -0.05) is 0 Å². The van der Waals surface area contributed by atoms with E-state index in [1.807, 2.05) is 0 Å². The van der Waals surface area contributed by atoms with Gasteiger partial charge in [0.05, 0.1) is 5.69 Å². The first-order valence-corrected chi connectivity index (χ1v) is 4.09. The minimum Gasteiger partial charge on any atom is -0.396 e. The summed E-state index contributed by atoms with van der Waals surface area (Å²) in [7, 11) is 1.28. The van der Waals surface area contributed by atoms with E-state index in [2.05, 4.69) is 4.98 Å². The van der Waals surface area contributed by atoms with Gasteiger partial charge in [-0.2, -0.15) is 13.2 Å². The Morgan fingerprint density at radius 1 is 1.33 bits per heavy atom. The lowest BCUT2D eigenvalue weighted by Crippen LogP contribution is -2.31. The molecular weight excluding hydrogens is 209 g/mol. The first-order valence-electron chi connectivity index (χ1n) is 4.09. The largest absolute Gasteiger partial charge is 0.405 e. The average Bonchev–Trinajstić information content (AvgIpc) is 2.06. The minimum absolute atomic E-state index is 0.0292. The number of rotatable bonds is 2. The van der Waals surface area contributed by atoms with Gasteiger partial charge in [-0.15, -0.1) is 0 Å². The maximum absolute atomic E-state index is 12.0. The van der Waals surface area contributed by atoms with Crippen molar-refractivity contribution < 1.29 is 13.2 Å². The normalized spacial score (nSPS) is 11.5. The molecule has 84 valence electrons. The Morgan fingerprint density at radius 3 is 2.40 bits per heavy atom. The van der Waals surface area contributed by atoms with Gasteiger partial charge in [0.25, 0.3) is 0 Å². The fraction of sp³-hybridized carbons (Fsp3) is 0.375. The van der Waals surface area contributed by atoms with Crippen LogP contribution >= 0.6 is 0 Å². The van der Waals surface area contributed by atoms with E-state index in [4.69, 9.17) is 11.5 Å². The number of alkyl halides is 3.